The van der Waals surface area contributed by atoms with Gasteiger partial charge in [-0.15, -0.1) is 34.0 Å². The molecule has 6 aromatic rings. The number of H-pyrrole nitrogens is 3. The molecule has 3 amide bonds. The molecule has 0 bridgehead atoms. The number of amides is 3. The molecule has 0 spiro atoms. The number of anilines is 3. The van der Waals surface area contributed by atoms with Crippen molar-refractivity contribution in [3.8, 4) is 0 Å². The summed E-state index contributed by atoms with van der Waals surface area (Å²) >= 11 is 19.9. The summed E-state index contributed by atoms with van der Waals surface area (Å²) < 4.78 is 16.6. The Morgan fingerprint density at radius 3 is 1.35 bits per heavy atom. The molecule has 0 atom stereocenters. The summed E-state index contributed by atoms with van der Waals surface area (Å²) in [4.78, 5) is 47.5. The number of ether oxygens (including phenoxy) is 2. The summed E-state index contributed by atoms with van der Waals surface area (Å²) in [5.41, 5.74) is 4.76. The summed E-state index contributed by atoms with van der Waals surface area (Å²) in [5.74, 6) is -0.920. The molecular weight excluding hydrogens is 741 g/mol. The number of carbonyl (C=O) groups excluding carboxylic acids is 3. The maximum Gasteiger partial charge on any atom is 0.226 e. The first-order valence-electron chi connectivity index (χ1n) is 15.1. The van der Waals surface area contributed by atoms with Gasteiger partial charge in [0.05, 0.1) is 69.9 Å². The van der Waals surface area contributed by atoms with E-state index in [-0.39, 0.29) is 69.3 Å². The van der Waals surface area contributed by atoms with E-state index in [4.69, 9.17) is 46.1 Å². The van der Waals surface area contributed by atoms with Crippen LogP contribution in [0, 0.1) is 17.8 Å². The fraction of sp³-hybridized carbons (Fsp3) is 0.250. The first-order chi connectivity index (χ1) is 23.7. The van der Waals surface area contributed by atoms with Gasteiger partial charge in [0.15, 0.2) is 11.9 Å². The van der Waals surface area contributed by atoms with E-state index in [2.05, 4.69) is 30.9 Å². The predicted molar refractivity (Wildman–Crippen MR) is 206 cm³/mol. The Labute approximate surface area is 307 Å². The second kappa shape index (κ2) is 16.4. The lowest BCUT2D eigenvalue weighted by atomic mass is 10.1. The van der Waals surface area contributed by atoms with Gasteiger partial charge in [0.1, 0.15) is 0 Å². The number of benzene rings is 3. The lowest BCUT2D eigenvalue weighted by molar-refractivity contribution is -0.120. The third-order valence-electron chi connectivity index (χ3n) is 7.24. The van der Waals surface area contributed by atoms with Gasteiger partial charge < -0.3 is 40.4 Å². The minimum Gasteiger partial charge on any atom is -0.381 e. The van der Waals surface area contributed by atoms with Gasteiger partial charge in [0.25, 0.3) is 0 Å². The van der Waals surface area contributed by atoms with Gasteiger partial charge in [0, 0.05) is 29.4 Å². The highest BCUT2D eigenvalue weighted by Gasteiger charge is 2.17. The topological polar surface area (TPSA) is 153 Å². The normalized spacial score (nSPS) is 11.4. The quantitative estimate of drug-likeness (QED) is 0.0449. The molecule has 0 radical (unpaired) electrons. The predicted octanol–water partition coefficient (Wildman–Crippen LogP) is 8.54. The molecule has 3 aromatic heterocycles. The zero-order chi connectivity index (χ0) is 34.3. The van der Waals surface area contributed by atoms with Crippen molar-refractivity contribution in [2.45, 2.75) is 19.3 Å². The number of rotatable bonds is 15. The summed E-state index contributed by atoms with van der Waals surface area (Å²) in [6.07, 6.45) is 0.379. The Kier molecular flexibility index (Phi) is 11.7. The second-order valence-electron chi connectivity index (χ2n) is 11.0. The number of aromatic amines is 3. The van der Waals surface area contributed by atoms with Gasteiger partial charge in [-0.2, -0.15) is 0 Å². The summed E-state index contributed by atoms with van der Waals surface area (Å²) in [6.45, 7) is 0.691. The molecule has 0 aliphatic carbocycles. The van der Waals surface area contributed by atoms with Crippen LogP contribution in [0.1, 0.15) is 19.3 Å². The number of hydrogen-bond acceptors (Lipinski definition) is 11. The molecule has 0 aliphatic heterocycles. The number of fused-ring (bicyclic) bond motifs is 3. The molecule has 0 fully saturated rings. The van der Waals surface area contributed by atoms with Crippen LogP contribution in [0.3, 0.4) is 0 Å². The minimum atomic E-state index is -0.320. The fourth-order valence-electron chi connectivity index (χ4n) is 4.99. The fourth-order valence-corrected chi connectivity index (χ4v) is 8.45. The van der Waals surface area contributed by atoms with Crippen LogP contribution in [0.25, 0.3) is 30.6 Å². The van der Waals surface area contributed by atoms with Crippen molar-refractivity contribution < 1.29 is 23.9 Å². The van der Waals surface area contributed by atoms with E-state index >= 15 is 0 Å². The van der Waals surface area contributed by atoms with E-state index in [0.717, 1.165) is 30.6 Å². The Hall–Kier alpha value is -3.68. The van der Waals surface area contributed by atoms with E-state index < -0.39 is 0 Å². The molecular formula is C32H30N6O5S6. The maximum atomic E-state index is 13.1. The number of thiazole rings is 3. The molecule has 3 heterocycles. The Bertz CT molecular complexity index is 2210. The molecule has 0 saturated heterocycles. The number of aromatic nitrogens is 3. The third-order valence-corrected chi connectivity index (χ3v) is 10.8. The van der Waals surface area contributed by atoms with E-state index in [1.807, 2.05) is 54.6 Å². The van der Waals surface area contributed by atoms with Gasteiger partial charge in [-0.1, -0.05) is 0 Å². The monoisotopic (exact) mass is 770 g/mol. The van der Waals surface area contributed by atoms with Crippen molar-refractivity contribution in [2.75, 3.05) is 42.4 Å². The van der Waals surface area contributed by atoms with Crippen molar-refractivity contribution in [3.63, 3.8) is 0 Å². The van der Waals surface area contributed by atoms with Crippen molar-refractivity contribution in [1.82, 2.24) is 15.0 Å². The molecule has 6 N–H and O–H groups in total. The molecule has 6 rings (SSSR count). The van der Waals surface area contributed by atoms with Gasteiger partial charge in [-0.25, -0.2) is 0 Å². The summed E-state index contributed by atoms with van der Waals surface area (Å²) in [6, 6.07) is 16.7. The SMILES string of the molecule is O=C(CCOCC(COCCC(=O)Nc1ccc2[nH]c(=S)sc2c1)CC(=O)Nc1ccc2[nH]c(=S)sc2c1)Nc1ccc2[nH]c(=S)sc2c1. The van der Waals surface area contributed by atoms with Crippen LogP contribution in [-0.4, -0.2) is 59.1 Å². The van der Waals surface area contributed by atoms with E-state index in [1.165, 1.54) is 34.0 Å². The van der Waals surface area contributed by atoms with Crippen molar-refractivity contribution in [2.24, 2.45) is 5.92 Å². The average molecular weight is 771 g/mol. The van der Waals surface area contributed by atoms with Gasteiger partial charge in [0.2, 0.25) is 17.7 Å². The third kappa shape index (κ3) is 9.95. The van der Waals surface area contributed by atoms with E-state index in [1.54, 1.807) is 0 Å². The van der Waals surface area contributed by atoms with Crippen LogP contribution in [-0.2, 0) is 23.9 Å². The lowest BCUT2D eigenvalue weighted by Gasteiger charge is -2.17. The van der Waals surface area contributed by atoms with Crippen LogP contribution in [0.4, 0.5) is 17.1 Å². The lowest BCUT2D eigenvalue weighted by Crippen LogP contribution is -2.25. The van der Waals surface area contributed by atoms with Crippen LogP contribution in [0.2, 0.25) is 0 Å². The van der Waals surface area contributed by atoms with Crippen LogP contribution >= 0.6 is 70.7 Å². The highest BCUT2D eigenvalue weighted by atomic mass is 32.2. The zero-order valence-corrected chi connectivity index (χ0v) is 30.6. The molecule has 11 nitrogen and oxygen atoms in total. The number of hydrogen-bond donors (Lipinski definition) is 6. The van der Waals surface area contributed by atoms with Gasteiger partial charge in [-0.3, -0.25) is 14.4 Å². The smallest absolute Gasteiger partial charge is 0.226 e. The first kappa shape index (κ1) is 35.2. The molecule has 17 heteroatoms. The Morgan fingerprint density at radius 1 is 0.592 bits per heavy atom. The molecule has 3 aromatic carbocycles. The van der Waals surface area contributed by atoms with Crippen molar-refractivity contribution in [3.05, 3.63) is 66.5 Å². The Morgan fingerprint density at radius 2 is 0.959 bits per heavy atom. The largest absolute Gasteiger partial charge is 0.381 e. The Balaban J connectivity index is 0.988. The standard InChI is InChI=1S/C32H30N6O5S6/c39-27(33-18-1-4-21-24(12-18)47-30(44)36-21)7-9-42-15-17(11-29(41)35-20-3-6-23-26(14-20)49-32(46)38-23)16-43-10-8-28(40)34-19-2-5-22-25(13-19)48-31(45)37-22/h1-6,12-14,17H,7-11,15-16H2,(H,33,39)(H,34,40)(H,35,41)(H,36,44)(H,37,45)(H,38,46). The van der Waals surface area contributed by atoms with Crippen molar-refractivity contribution in [1.29, 1.82) is 0 Å². The van der Waals surface area contributed by atoms with Crippen molar-refractivity contribution >= 4 is 136 Å². The number of nitrogens with one attached hydrogen (secondary N) is 6. The summed E-state index contributed by atoms with van der Waals surface area (Å²) in [5, 5.41) is 8.71. The first-order valence-corrected chi connectivity index (χ1v) is 18.8. The molecule has 0 unspecified atom stereocenters. The van der Waals surface area contributed by atoms with Crippen LogP contribution < -0.4 is 16.0 Å². The summed E-state index contributed by atoms with van der Waals surface area (Å²) in [7, 11) is 0. The molecule has 0 aliphatic rings. The zero-order valence-electron chi connectivity index (χ0n) is 25.7. The molecule has 0 saturated carbocycles. The van der Waals surface area contributed by atoms with E-state index in [0.29, 0.717) is 28.9 Å². The van der Waals surface area contributed by atoms with Gasteiger partial charge >= 0.3 is 0 Å². The molecule has 49 heavy (non-hydrogen) atoms. The van der Waals surface area contributed by atoms with Crippen LogP contribution in [0.5, 0.6) is 0 Å². The highest BCUT2D eigenvalue weighted by molar-refractivity contribution is 7.74. The number of carbonyl (C=O) groups is 3. The van der Waals surface area contributed by atoms with Gasteiger partial charge in [-0.05, 0) is 91.3 Å². The van der Waals surface area contributed by atoms with E-state index in [9.17, 15) is 14.4 Å². The highest BCUT2D eigenvalue weighted by Crippen LogP contribution is 2.25. The average Bonchev–Trinajstić information content (AvgIpc) is 3.73. The maximum absolute atomic E-state index is 13.1. The van der Waals surface area contributed by atoms with Crippen LogP contribution in [0.15, 0.2) is 54.6 Å². The minimum absolute atomic E-state index is 0.116. The molecule has 254 valence electrons. The second-order valence-corrected chi connectivity index (χ2v) is 16.2.